The minimum absolute atomic E-state index is 0. The first-order valence-electron chi connectivity index (χ1n) is 4.06. The predicted molar refractivity (Wildman–Crippen MR) is 60.4 cm³/mol. The second-order valence-corrected chi connectivity index (χ2v) is 2.94. The van der Waals surface area contributed by atoms with Gasteiger partial charge >= 0.3 is 5.97 Å². The van der Waals surface area contributed by atoms with Gasteiger partial charge in [0.1, 0.15) is 5.82 Å². The van der Waals surface area contributed by atoms with Crippen LogP contribution in [0.3, 0.4) is 0 Å². The number of nitrogens with zero attached hydrogens (tertiary/aromatic N) is 1. The highest BCUT2D eigenvalue weighted by molar-refractivity contribution is 6.03. The van der Waals surface area contributed by atoms with E-state index in [0.717, 1.165) is 5.39 Å². The molecule has 0 atom stereocenters. The van der Waals surface area contributed by atoms with E-state index in [1.807, 2.05) is 0 Å². The maximum atomic E-state index is 10.8. The van der Waals surface area contributed by atoms with Crippen LogP contribution in [0.4, 0.5) is 5.82 Å². The van der Waals surface area contributed by atoms with Gasteiger partial charge in [-0.25, -0.2) is 9.78 Å². The number of hydrogen-bond acceptors (Lipinski definition) is 3. The van der Waals surface area contributed by atoms with Crippen molar-refractivity contribution in [3.63, 3.8) is 0 Å². The van der Waals surface area contributed by atoms with E-state index in [-0.39, 0.29) is 18.0 Å². The minimum atomic E-state index is -0.956. The number of benzene rings is 1. The molecule has 4 nitrogen and oxygen atoms in total. The van der Waals surface area contributed by atoms with Crippen LogP contribution in [0.25, 0.3) is 10.8 Å². The Hall–Kier alpha value is -1.81. The van der Waals surface area contributed by atoms with Crippen LogP contribution in [0.15, 0.2) is 30.5 Å². The molecule has 5 heteroatoms. The Morgan fingerprint density at radius 2 is 2.13 bits per heavy atom. The summed E-state index contributed by atoms with van der Waals surface area (Å²) in [6.07, 6.45) is 1.48. The quantitative estimate of drug-likeness (QED) is 0.776. The van der Waals surface area contributed by atoms with Crippen LogP contribution in [0, 0.1) is 0 Å². The second-order valence-electron chi connectivity index (χ2n) is 2.94. The molecule has 0 aliphatic rings. The molecule has 3 N–H and O–H groups in total. The van der Waals surface area contributed by atoms with E-state index < -0.39 is 5.97 Å². The number of nitrogen functional groups attached to an aromatic ring is 1. The van der Waals surface area contributed by atoms with Gasteiger partial charge < -0.3 is 10.8 Å². The maximum absolute atomic E-state index is 10.8. The molecule has 1 heterocycles. The van der Waals surface area contributed by atoms with Crippen LogP contribution < -0.4 is 5.73 Å². The average Bonchev–Trinajstić information content (AvgIpc) is 2.16. The number of hydrogen-bond donors (Lipinski definition) is 2. The molecule has 0 aliphatic heterocycles. The first-order valence-corrected chi connectivity index (χ1v) is 4.06. The molecule has 0 radical (unpaired) electrons. The molecule has 2 rings (SSSR count). The number of fused-ring (bicyclic) bond motifs is 1. The van der Waals surface area contributed by atoms with Crippen LogP contribution in [0.5, 0.6) is 0 Å². The second kappa shape index (κ2) is 4.14. The lowest BCUT2D eigenvalue weighted by Crippen LogP contribution is -1.98. The van der Waals surface area contributed by atoms with Crippen molar-refractivity contribution in [3.8, 4) is 0 Å². The Kier molecular flexibility index (Phi) is 3.11. The van der Waals surface area contributed by atoms with Gasteiger partial charge in [0.2, 0.25) is 0 Å². The van der Waals surface area contributed by atoms with E-state index in [4.69, 9.17) is 10.8 Å². The lowest BCUT2D eigenvalue weighted by molar-refractivity contribution is 0.0699. The molecule has 1 aromatic heterocycles. The number of carboxylic acid groups (broad SMARTS) is 1. The molecule has 0 bridgehead atoms. The standard InChI is InChI=1S/C10H8N2O2.ClH/c11-9-4-6-2-1-3-7(10(13)14)8(6)5-12-9;/h1-5H,(H2,11,12)(H,13,14);1H. The normalized spacial score (nSPS) is 9.60. The molecule has 0 spiro atoms. The topological polar surface area (TPSA) is 76.2 Å². The molecule has 0 unspecified atom stereocenters. The molecule has 0 amide bonds. The number of aromatic nitrogens is 1. The van der Waals surface area contributed by atoms with Crippen molar-refractivity contribution in [2.24, 2.45) is 0 Å². The number of nitrogens with two attached hydrogens (primary N) is 1. The fourth-order valence-corrected chi connectivity index (χ4v) is 1.38. The van der Waals surface area contributed by atoms with Crippen LogP contribution >= 0.6 is 12.4 Å². The molecule has 0 fully saturated rings. The highest BCUT2D eigenvalue weighted by Gasteiger charge is 2.07. The van der Waals surface area contributed by atoms with Crippen molar-refractivity contribution < 1.29 is 9.90 Å². The zero-order valence-electron chi connectivity index (χ0n) is 7.68. The van der Waals surface area contributed by atoms with Gasteiger partial charge in [-0.2, -0.15) is 0 Å². The van der Waals surface area contributed by atoms with Gasteiger partial charge in [-0.3, -0.25) is 0 Å². The summed E-state index contributed by atoms with van der Waals surface area (Å²) in [6, 6.07) is 6.69. The zero-order chi connectivity index (χ0) is 10.1. The number of anilines is 1. The number of pyridine rings is 1. The molecule has 0 aliphatic carbocycles. The molecule has 0 saturated heterocycles. The van der Waals surface area contributed by atoms with E-state index in [1.54, 1.807) is 24.3 Å². The molecule has 15 heavy (non-hydrogen) atoms. The van der Waals surface area contributed by atoms with Crippen LogP contribution in [0.1, 0.15) is 10.4 Å². The van der Waals surface area contributed by atoms with Crippen molar-refractivity contribution in [1.29, 1.82) is 0 Å². The van der Waals surface area contributed by atoms with Crippen LogP contribution in [-0.4, -0.2) is 16.1 Å². The van der Waals surface area contributed by atoms with E-state index >= 15 is 0 Å². The van der Waals surface area contributed by atoms with Crippen molar-refractivity contribution >= 4 is 35.0 Å². The van der Waals surface area contributed by atoms with Gasteiger partial charge in [0.15, 0.2) is 0 Å². The third-order valence-electron chi connectivity index (χ3n) is 2.02. The smallest absolute Gasteiger partial charge is 0.336 e. The summed E-state index contributed by atoms with van der Waals surface area (Å²) in [7, 11) is 0. The molecular weight excluding hydrogens is 216 g/mol. The van der Waals surface area contributed by atoms with Crippen molar-refractivity contribution in [2.75, 3.05) is 5.73 Å². The summed E-state index contributed by atoms with van der Waals surface area (Å²) >= 11 is 0. The number of halogens is 1. The third-order valence-corrected chi connectivity index (χ3v) is 2.02. The number of aromatic carboxylic acids is 1. The number of carbonyl (C=O) groups is 1. The Labute approximate surface area is 92.1 Å². The Morgan fingerprint density at radius 3 is 2.80 bits per heavy atom. The molecule has 0 saturated carbocycles. The average molecular weight is 225 g/mol. The lowest BCUT2D eigenvalue weighted by Gasteiger charge is -2.01. The SMILES string of the molecule is Cl.Nc1cc2cccc(C(=O)O)c2cn1. The summed E-state index contributed by atoms with van der Waals surface area (Å²) in [5, 5.41) is 10.3. The minimum Gasteiger partial charge on any atom is -0.478 e. The maximum Gasteiger partial charge on any atom is 0.336 e. The molecule has 2 aromatic rings. The molecular formula is C10H9ClN2O2. The Balaban J connectivity index is 0.00000112. The van der Waals surface area contributed by atoms with E-state index in [9.17, 15) is 4.79 Å². The van der Waals surface area contributed by atoms with Crippen LogP contribution in [0.2, 0.25) is 0 Å². The fourth-order valence-electron chi connectivity index (χ4n) is 1.38. The monoisotopic (exact) mass is 224 g/mol. The van der Waals surface area contributed by atoms with E-state index in [0.29, 0.717) is 11.2 Å². The van der Waals surface area contributed by atoms with Crippen molar-refractivity contribution in [1.82, 2.24) is 4.98 Å². The van der Waals surface area contributed by atoms with Gasteiger partial charge in [0.05, 0.1) is 5.56 Å². The van der Waals surface area contributed by atoms with E-state index in [2.05, 4.69) is 4.98 Å². The van der Waals surface area contributed by atoms with Gasteiger partial charge in [-0.05, 0) is 17.5 Å². The summed E-state index contributed by atoms with van der Waals surface area (Å²) in [6.45, 7) is 0. The highest BCUT2D eigenvalue weighted by atomic mass is 35.5. The van der Waals surface area contributed by atoms with Gasteiger partial charge in [-0.15, -0.1) is 12.4 Å². The predicted octanol–water partition coefficient (Wildman–Crippen LogP) is 1.94. The summed E-state index contributed by atoms with van der Waals surface area (Å²) in [5.41, 5.74) is 5.74. The number of carboxylic acids is 1. The number of rotatable bonds is 1. The van der Waals surface area contributed by atoms with Gasteiger partial charge in [-0.1, -0.05) is 12.1 Å². The first-order chi connectivity index (χ1) is 6.68. The van der Waals surface area contributed by atoms with Gasteiger partial charge in [0.25, 0.3) is 0 Å². The largest absolute Gasteiger partial charge is 0.478 e. The highest BCUT2D eigenvalue weighted by Crippen LogP contribution is 2.19. The Morgan fingerprint density at radius 1 is 1.40 bits per heavy atom. The summed E-state index contributed by atoms with van der Waals surface area (Å²) in [4.78, 5) is 14.7. The van der Waals surface area contributed by atoms with Crippen molar-refractivity contribution in [2.45, 2.75) is 0 Å². The van der Waals surface area contributed by atoms with Crippen molar-refractivity contribution in [3.05, 3.63) is 36.0 Å². The third kappa shape index (κ3) is 1.99. The fraction of sp³-hybridized carbons (Fsp3) is 0. The Bertz CT molecular complexity index is 514. The first kappa shape index (κ1) is 11.3. The molecule has 1 aromatic carbocycles. The van der Waals surface area contributed by atoms with Gasteiger partial charge in [0, 0.05) is 11.6 Å². The van der Waals surface area contributed by atoms with Crippen LogP contribution in [-0.2, 0) is 0 Å². The van der Waals surface area contributed by atoms with E-state index in [1.165, 1.54) is 6.20 Å². The summed E-state index contributed by atoms with van der Waals surface area (Å²) < 4.78 is 0. The zero-order valence-corrected chi connectivity index (χ0v) is 8.49. The summed E-state index contributed by atoms with van der Waals surface area (Å²) in [5.74, 6) is -0.567. The lowest BCUT2D eigenvalue weighted by atomic mass is 10.1. The molecule has 78 valence electrons.